The molecule has 4 rings (SSSR count). The maximum Gasteiger partial charge on any atom is 0.128 e. The number of nitrogens with one attached hydrogen (secondary N) is 1. The lowest BCUT2D eigenvalue weighted by Crippen LogP contribution is -1.95. The molecule has 27 heavy (non-hydrogen) atoms. The van der Waals surface area contributed by atoms with Gasteiger partial charge in [0.2, 0.25) is 0 Å². The smallest absolute Gasteiger partial charge is 0.128 e. The molecule has 0 radical (unpaired) electrons. The summed E-state index contributed by atoms with van der Waals surface area (Å²) >= 11 is 5.89. The highest BCUT2D eigenvalue weighted by molar-refractivity contribution is 6.30. The second-order valence-corrected chi connectivity index (χ2v) is 6.42. The molecule has 2 N–H and O–H groups in total. The van der Waals surface area contributed by atoms with Gasteiger partial charge in [0.25, 0.3) is 0 Å². The van der Waals surface area contributed by atoms with E-state index in [1.54, 1.807) is 30.7 Å². The Hall–Kier alpha value is -3.31. The number of phenolic OH excluding ortho intramolecular Hbond substituents is 1. The summed E-state index contributed by atoms with van der Waals surface area (Å²) in [5, 5.41) is 18.3. The first-order chi connectivity index (χ1) is 13.2. The van der Waals surface area contributed by atoms with Crippen LogP contribution in [0.2, 0.25) is 5.02 Å². The molecule has 2 aromatic heterocycles. The zero-order valence-electron chi connectivity index (χ0n) is 14.3. The lowest BCUT2D eigenvalue weighted by Gasteiger charge is -2.10. The molecule has 0 aliphatic carbocycles. The Labute approximate surface area is 161 Å². The number of rotatable bonds is 5. The molecule has 0 atom stereocenters. The van der Waals surface area contributed by atoms with Gasteiger partial charge in [0.1, 0.15) is 23.8 Å². The standard InChI is InChI=1S/C21H16ClN3O2/c22-16-5-3-14(4-6-16)13-27-17-7-8-18(20(26)10-17)21-19(12-24-25-21)15-2-1-9-23-11-15/h1-12,26H,13H2,(H,24,25). The quantitative estimate of drug-likeness (QED) is 0.509. The molecule has 0 aliphatic heterocycles. The van der Waals surface area contributed by atoms with Crippen molar-refractivity contribution in [3.8, 4) is 33.9 Å². The number of phenols is 1. The molecular weight excluding hydrogens is 362 g/mol. The highest BCUT2D eigenvalue weighted by Gasteiger charge is 2.15. The highest BCUT2D eigenvalue weighted by Crippen LogP contribution is 2.36. The Morgan fingerprint density at radius 2 is 1.89 bits per heavy atom. The number of aromatic hydroxyl groups is 1. The van der Waals surface area contributed by atoms with Gasteiger partial charge in [-0.3, -0.25) is 10.1 Å². The average molecular weight is 378 g/mol. The summed E-state index contributed by atoms with van der Waals surface area (Å²) in [5.41, 5.74) is 4.06. The van der Waals surface area contributed by atoms with E-state index in [2.05, 4.69) is 15.2 Å². The first-order valence-electron chi connectivity index (χ1n) is 8.35. The number of hydrogen-bond donors (Lipinski definition) is 2. The van der Waals surface area contributed by atoms with E-state index in [9.17, 15) is 5.11 Å². The molecule has 0 unspecified atom stereocenters. The minimum Gasteiger partial charge on any atom is -0.507 e. The van der Waals surface area contributed by atoms with Gasteiger partial charge in [0.15, 0.2) is 0 Å². The van der Waals surface area contributed by atoms with Gasteiger partial charge >= 0.3 is 0 Å². The molecule has 0 amide bonds. The Morgan fingerprint density at radius 3 is 2.63 bits per heavy atom. The monoisotopic (exact) mass is 377 g/mol. The first-order valence-corrected chi connectivity index (χ1v) is 8.73. The molecule has 134 valence electrons. The maximum absolute atomic E-state index is 10.5. The van der Waals surface area contributed by atoms with E-state index in [1.807, 2.05) is 42.5 Å². The molecule has 4 aromatic rings. The van der Waals surface area contributed by atoms with Gasteiger partial charge < -0.3 is 9.84 Å². The zero-order chi connectivity index (χ0) is 18.6. The fourth-order valence-electron chi connectivity index (χ4n) is 2.79. The maximum atomic E-state index is 10.5. The first kappa shape index (κ1) is 17.1. The van der Waals surface area contributed by atoms with Gasteiger partial charge in [-0.25, -0.2) is 0 Å². The van der Waals surface area contributed by atoms with E-state index >= 15 is 0 Å². The predicted molar refractivity (Wildman–Crippen MR) is 105 cm³/mol. The summed E-state index contributed by atoms with van der Waals surface area (Å²) in [6.07, 6.45) is 5.26. The molecule has 0 saturated heterocycles. The van der Waals surface area contributed by atoms with E-state index < -0.39 is 0 Å². The third-order valence-corrected chi connectivity index (χ3v) is 4.41. The number of nitrogens with zero attached hydrogens (tertiary/aromatic N) is 2. The molecule has 2 heterocycles. The summed E-state index contributed by atoms with van der Waals surface area (Å²) < 4.78 is 5.76. The van der Waals surface area contributed by atoms with Crippen molar-refractivity contribution in [1.82, 2.24) is 15.2 Å². The van der Waals surface area contributed by atoms with Crippen molar-refractivity contribution in [3.05, 3.63) is 83.8 Å². The van der Waals surface area contributed by atoms with Crippen molar-refractivity contribution in [2.45, 2.75) is 6.61 Å². The molecule has 0 bridgehead atoms. The van der Waals surface area contributed by atoms with Crippen LogP contribution in [-0.2, 0) is 6.61 Å². The molecule has 2 aromatic carbocycles. The molecule has 0 fully saturated rings. The number of ether oxygens (including phenoxy) is 1. The number of H-pyrrole nitrogens is 1. The number of benzene rings is 2. The highest BCUT2D eigenvalue weighted by atomic mass is 35.5. The van der Waals surface area contributed by atoms with Crippen molar-refractivity contribution in [3.63, 3.8) is 0 Å². The molecular formula is C21H16ClN3O2. The van der Waals surface area contributed by atoms with Crippen LogP contribution in [0.15, 0.2) is 73.2 Å². The summed E-state index contributed by atoms with van der Waals surface area (Å²) in [6.45, 7) is 0.388. The van der Waals surface area contributed by atoms with Gasteiger partial charge in [-0.15, -0.1) is 0 Å². The van der Waals surface area contributed by atoms with E-state index in [0.29, 0.717) is 28.6 Å². The van der Waals surface area contributed by atoms with Crippen LogP contribution in [0.3, 0.4) is 0 Å². The van der Waals surface area contributed by atoms with Gasteiger partial charge in [0.05, 0.1) is 0 Å². The summed E-state index contributed by atoms with van der Waals surface area (Å²) in [4.78, 5) is 4.14. The van der Waals surface area contributed by atoms with Crippen molar-refractivity contribution in [2.75, 3.05) is 0 Å². The normalized spacial score (nSPS) is 10.7. The van der Waals surface area contributed by atoms with Crippen LogP contribution in [0.1, 0.15) is 5.56 Å². The van der Waals surface area contributed by atoms with E-state index in [4.69, 9.17) is 16.3 Å². The second kappa shape index (κ2) is 7.51. The fraction of sp³-hybridized carbons (Fsp3) is 0.0476. The number of hydrogen-bond acceptors (Lipinski definition) is 4. The third-order valence-electron chi connectivity index (χ3n) is 4.16. The lowest BCUT2D eigenvalue weighted by molar-refractivity contribution is 0.304. The number of aromatic amines is 1. The lowest BCUT2D eigenvalue weighted by atomic mass is 10.0. The summed E-state index contributed by atoms with van der Waals surface area (Å²) in [5.74, 6) is 0.672. The third kappa shape index (κ3) is 3.78. The Morgan fingerprint density at radius 1 is 1.04 bits per heavy atom. The van der Waals surface area contributed by atoms with Crippen LogP contribution in [0.4, 0.5) is 0 Å². The van der Waals surface area contributed by atoms with Crippen LogP contribution < -0.4 is 4.74 Å². The van der Waals surface area contributed by atoms with Gasteiger partial charge in [-0.05, 0) is 35.9 Å². The van der Waals surface area contributed by atoms with E-state index in [0.717, 1.165) is 16.7 Å². The summed E-state index contributed by atoms with van der Waals surface area (Å²) in [7, 11) is 0. The van der Waals surface area contributed by atoms with Gasteiger partial charge in [-0.2, -0.15) is 5.10 Å². The number of halogens is 1. The van der Waals surface area contributed by atoms with Crippen LogP contribution in [0.25, 0.3) is 22.4 Å². The number of pyridine rings is 1. The minimum absolute atomic E-state index is 0.0980. The van der Waals surface area contributed by atoms with E-state index in [-0.39, 0.29) is 5.75 Å². The zero-order valence-corrected chi connectivity index (χ0v) is 15.0. The average Bonchev–Trinajstić information content (AvgIpc) is 3.18. The molecule has 0 saturated carbocycles. The molecule has 5 nitrogen and oxygen atoms in total. The van der Waals surface area contributed by atoms with Crippen LogP contribution >= 0.6 is 11.6 Å². The predicted octanol–water partition coefficient (Wildman–Crippen LogP) is 5.08. The Balaban J connectivity index is 1.56. The fourth-order valence-corrected chi connectivity index (χ4v) is 2.91. The minimum atomic E-state index is 0.0980. The van der Waals surface area contributed by atoms with Gasteiger partial charge in [0, 0.05) is 46.4 Å². The Bertz CT molecular complexity index is 1050. The largest absolute Gasteiger partial charge is 0.507 e. The van der Waals surface area contributed by atoms with Crippen LogP contribution in [0.5, 0.6) is 11.5 Å². The van der Waals surface area contributed by atoms with Crippen molar-refractivity contribution in [1.29, 1.82) is 0 Å². The molecule has 0 spiro atoms. The van der Waals surface area contributed by atoms with Crippen LogP contribution in [-0.4, -0.2) is 20.3 Å². The second-order valence-electron chi connectivity index (χ2n) is 5.98. The van der Waals surface area contributed by atoms with Crippen molar-refractivity contribution < 1.29 is 9.84 Å². The number of aromatic nitrogens is 3. The SMILES string of the molecule is Oc1cc(OCc2ccc(Cl)cc2)ccc1-c1n[nH]cc1-c1cccnc1. The van der Waals surface area contributed by atoms with Crippen molar-refractivity contribution in [2.24, 2.45) is 0 Å². The van der Waals surface area contributed by atoms with E-state index in [1.165, 1.54) is 0 Å². The van der Waals surface area contributed by atoms with Crippen molar-refractivity contribution >= 4 is 11.6 Å². The summed E-state index contributed by atoms with van der Waals surface area (Å²) in [6, 6.07) is 16.4. The molecule has 0 aliphatic rings. The Kier molecular flexibility index (Phi) is 4.77. The van der Waals surface area contributed by atoms with Crippen LogP contribution in [0, 0.1) is 0 Å². The molecule has 6 heteroatoms. The van der Waals surface area contributed by atoms with Gasteiger partial charge in [-0.1, -0.05) is 29.8 Å². The topological polar surface area (TPSA) is 71.0 Å².